The minimum atomic E-state index is -0.982. The molecule has 0 atom stereocenters. The van der Waals surface area contributed by atoms with Crippen molar-refractivity contribution in [2.75, 3.05) is 6.61 Å². The van der Waals surface area contributed by atoms with Gasteiger partial charge in [0, 0.05) is 18.4 Å². The Labute approximate surface area is 194 Å². The molecule has 0 bridgehead atoms. The number of ether oxygens (including phenoxy) is 1. The zero-order valence-electron chi connectivity index (χ0n) is 20.5. The molecule has 0 saturated carbocycles. The maximum Gasteiger partial charge on any atom is 0.407 e. The Bertz CT molecular complexity index is 491. The molecule has 0 rings (SSSR count). The third-order valence-electron chi connectivity index (χ3n) is 5.92. The molecule has 0 spiro atoms. The highest BCUT2D eigenvalue weighted by atomic mass is 16.5. The van der Waals surface area contributed by atoms with Crippen molar-refractivity contribution in [1.29, 1.82) is 0 Å². The molecule has 0 unspecified atom stereocenters. The summed E-state index contributed by atoms with van der Waals surface area (Å²) in [6.45, 7) is 4.23. The van der Waals surface area contributed by atoms with Gasteiger partial charge in [0.15, 0.2) is 0 Å². The second-order valence-electron chi connectivity index (χ2n) is 9.21. The third kappa shape index (κ3) is 20.1. The van der Waals surface area contributed by atoms with E-state index in [1.807, 2.05) is 0 Å². The fourth-order valence-corrected chi connectivity index (χ4v) is 3.76. The highest BCUT2D eigenvalue weighted by molar-refractivity contribution is 5.70. The van der Waals surface area contributed by atoms with Gasteiger partial charge in [0.2, 0.25) is 0 Å². The zero-order valence-corrected chi connectivity index (χ0v) is 20.5. The molecule has 1 amide bonds. The SMILES string of the molecule is CCCCCCCCCCCCCCCCOC(=O)NC(C)(CCC(=O)O)CCC(=O)O. The molecule has 188 valence electrons. The summed E-state index contributed by atoms with van der Waals surface area (Å²) in [5, 5.41) is 20.4. The molecule has 0 aromatic heterocycles. The van der Waals surface area contributed by atoms with Crippen LogP contribution in [-0.2, 0) is 14.3 Å². The minimum Gasteiger partial charge on any atom is -0.481 e. The Kier molecular flexibility index (Phi) is 18.8. The number of carboxylic acid groups (broad SMARTS) is 2. The van der Waals surface area contributed by atoms with Gasteiger partial charge in [-0.05, 0) is 26.2 Å². The summed E-state index contributed by atoms with van der Waals surface area (Å²) in [5.74, 6) is -1.96. The summed E-state index contributed by atoms with van der Waals surface area (Å²) in [6, 6.07) is 0. The van der Waals surface area contributed by atoms with E-state index in [0.29, 0.717) is 6.61 Å². The summed E-state index contributed by atoms with van der Waals surface area (Å²) in [7, 11) is 0. The Morgan fingerprint density at radius 1 is 0.688 bits per heavy atom. The average molecular weight is 458 g/mol. The summed E-state index contributed by atoms with van der Waals surface area (Å²) in [4.78, 5) is 33.7. The van der Waals surface area contributed by atoms with E-state index in [9.17, 15) is 14.4 Å². The van der Waals surface area contributed by atoms with Crippen LogP contribution in [0.3, 0.4) is 0 Å². The molecule has 0 saturated heterocycles. The topological polar surface area (TPSA) is 113 Å². The Morgan fingerprint density at radius 3 is 1.44 bits per heavy atom. The molecular weight excluding hydrogens is 410 g/mol. The summed E-state index contributed by atoms with van der Waals surface area (Å²) < 4.78 is 5.21. The van der Waals surface area contributed by atoms with Gasteiger partial charge in [-0.25, -0.2) is 4.79 Å². The van der Waals surface area contributed by atoms with Crippen LogP contribution in [0.2, 0.25) is 0 Å². The molecule has 0 aromatic rings. The first kappa shape index (κ1) is 30.2. The monoisotopic (exact) mass is 457 g/mol. The van der Waals surface area contributed by atoms with Crippen molar-refractivity contribution >= 4 is 18.0 Å². The number of amides is 1. The van der Waals surface area contributed by atoms with Crippen LogP contribution in [0, 0.1) is 0 Å². The molecule has 0 radical (unpaired) electrons. The van der Waals surface area contributed by atoms with Gasteiger partial charge in [-0.3, -0.25) is 9.59 Å². The van der Waals surface area contributed by atoms with Crippen molar-refractivity contribution in [3.63, 3.8) is 0 Å². The quantitative estimate of drug-likeness (QED) is 0.156. The molecule has 3 N–H and O–H groups in total. The first-order valence-corrected chi connectivity index (χ1v) is 12.7. The highest BCUT2D eigenvalue weighted by Crippen LogP contribution is 2.20. The number of carbonyl (C=O) groups excluding carboxylic acids is 1. The molecular formula is C25H47NO6. The van der Waals surface area contributed by atoms with E-state index in [1.165, 1.54) is 70.6 Å². The van der Waals surface area contributed by atoms with Gasteiger partial charge in [0.25, 0.3) is 0 Å². The lowest BCUT2D eigenvalue weighted by atomic mass is 9.90. The summed E-state index contributed by atoms with van der Waals surface area (Å²) in [6.07, 6.45) is 17.0. The van der Waals surface area contributed by atoms with Crippen molar-refractivity contribution in [1.82, 2.24) is 5.32 Å². The van der Waals surface area contributed by atoms with E-state index in [2.05, 4.69) is 12.2 Å². The Balaban J connectivity index is 3.73. The number of rotatable bonds is 22. The van der Waals surface area contributed by atoms with Gasteiger partial charge in [0.05, 0.1) is 6.61 Å². The second-order valence-corrected chi connectivity index (χ2v) is 9.21. The van der Waals surface area contributed by atoms with E-state index in [1.54, 1.807) is 6.92 Å². The second kappa shape index (κ2) is 19.9. The fourth-order valence-electron chi connectivity index (χ4n) is 3.76. The number of alkyl carbamates (subject to hydrolysis) is 1. The summed E-state index contributed by atoms with van der Waals surface area (Å²) in [5.41, 5.74) is -0.913. The van der Waals surface area contributed by atoms with E-state index in [0.717, 1.165) is 19.3 Å². The van der Waals surface area contributed by atoms with Crippen molar-refractivity contribution < 1.29 is 29.3 Å². The van der Waals surface area contributed by atoms with Crippen LogP contribution in [0.4, 0.5) is 4.79 Å². The molecule has 0 heterocycles. The van der Waals surface area contributed by atoms with Crippen molar-refractivity contribution in [3.8, 4) is 0 Å². The van der Waals surface area contributed by atoms with Gasteiger partial charge in [-0.2, -0.15) is 0 Å². The number of carbonyl (C=O) groups is 3. The smallest absolute Gasteiger partial charge is 0.407 e. The van der Waals surface area contributed by atoms with Crippen LogP contribution in [-0.4, -0.2) is 40.4 Å². The number of unbranched alkanes of at least 4 members (excludes halogenated alkanes) is 13. The van der Waals surface area contributed by atoms with Gasteiger partial charge in [-0.1, -0.05) is 90.4 Å². The van der Waals surface area contributed by atoms with E-state index >= 15 is 0 Å². The van der Waals surface area contributed by atoms with Crippen LogP contribution < -0.4 is 5.32 Å². The van der Waals surface area contributed by atoms with Crippen LogP contribution in [0.25, 0.3) is 0 Å². The van der Waals surface area contributed by atoms with E-state index in [4.69, 9.17) is 14.9 Å². The Morgan fingerprint density at radius 2 is 1.06 bits per heavy atom. The number of hydrogen-bond acceptors (Lipinski definition) is 4. The van der Waals surface area contributed by atoms with Crippen molar-refractivity contribution in [3.05, 3.63) is 0 Å². The molecule has 0 aromatic carbocycles. The largest absolute Gasteiger partial charge is 0.481 e. The molecule has 0 fully saturated rings. The number of nitrogens with one attached hydrogen (secondary N) is 1. The predicted molar refractivity (Wildman–Crippen MR) is 127 cm³/mol. The van der Waals surface area contributed by atoms with Crippen LogP contribution in [0.5, 0.6) is 0 Å². The molecule has 7 heteroatoms. The molecule has 0 aliphatic heterocycles. The lowest BCUT2D eigenvalue weighted by Crippen LogP contribution is -2.47. The normalized spacial score (nSPS) is 11.3. The maximum atomic E-state index is 12.1. The van der Waals surface area contributed by atoms with E-state index < -0.39 is 23.6 Å². The number of hydrogen-bond donors (Lipinski definition) is 3. The van der Waals surface area contributed by atoms with Gasteiger partial charge in [0.1, 0.15) is 0 Å². The molecule has 0 aliphatic carbocycles. The fraction of sp³-hybridized carbons (Fsp3) is 0.880. The molecule has 32 heavy (non-hydrogen) atoms. The predicted octanol–water partition coefficient (Wildman–Crippen LogP) is 6.68. The Hall–Kier alpha value is -1.79. The maximum absolute atomic E-state index is 12.1. The minimum absolute atomic E-state index is 0.143. The van der Waals surface area contributed by atoms with Gasteiger partial charge >= 0.3 is 18.0 Å². The first-order valence-electron chi connectivity index (χ1n) is 12.7. The van der Waals surface area contributed by atoms with E-state index in [-0.39, 0.29) is 25.7 Å². The van der Waals surface area contributed by atoms with Crippen LogP contribution >= 0.6 is 0 Å². The lowest BCUT2D eigenvalue weighted by Gasteiger charge is -2.29. The first-order chi connectivity index (χ1) is 15.3. The average Bonchev–Trinajstić information content (AvgIpc) is 2.73. The third-order valence-corrected chi connectivity index (χ3v) is 5.92. The van der Waals surface area contributed by atoms with Gasteiger partial charge < -0.3 is 20.3 Å². The number of aliphatic carboxylic acids is 2. The van der Waals surface area contributed by atoms with Gasteiger partial charge in [-0.15, -0.1) is 0 Å². The van der Waals surface area contributed by atoms with Crippen LogP contribution in [0.15, 0.2) is 0 Å². The molecule has 7 nitrogen and oxygen atoms in total. The molecule has 0 aliphatic rings. The van der Waals surface area contributed by atoms with Crippen molar-refractivity contribution in [2.45, 2.75) is 135 Å². The van der Waals surface area contributed by atoms with Crippen molar-refractivity contribution in [2.24, 2.45) is 0 Å². The standard InChI is InChI=1S/C25H47NO6/c1-3-4-5-6-7-8-9-10-11-12-13-14-15-16-21-32-24(31)26-25(2,19-17-22(27)28)20-18-23(29)30/h3-21H2,1-2H3,(H,26,31)(H,27,28)(H,29,30). The zero-order chi connectivity index (χ0) is 24.1. The number of carboxylic acids is 2. The summed E-state index contributed by atoms with van der Waals surface area (Å²) >= 11 is 0. The highest BCUT2D eigenvalue weighted by Gasteiger charge is 2.28. The van der Waals surface area contributed by atoms with Crippen LogP contribution in [0.1, 0.15) is 129 Å². The lowest BCUT2D eigenvalue weighted by molar-refractivity contribution is -0.137.